The van der Waals surface area contributed by atoms with Crippen molar-refractivity contribution in [3.05, 3.63) is 52.6 Å². The summed E-state index contributed by atoms with van der Waals surface area (Å²) in [7, 11) is 0. The molecule has 2 heterocycles. The Morgan fingerprint density at radius 3 is 2.82 bits per heavy atom. The summed E-state index contributed by atoms with van der Waals surface area (Å²) in [6.45, 7) is 0.731. The van der Waals surface area contributed by atoms with Crippen molar-refractivity contribution in [1.29, 1.82) is 0 Å². The summed E-state index contributed by atoms with van der Waals surface area (Å²) < 4.78 is 0.960. The molecule has 1 aromatic carbocycles. The van der Waals surface area contributed by atoms with Gasteiger partial charge in [0, 0.05) is 10.7 Å². The average Bonchev–Trinajstić information content (AvgIpc) is 2.39. The Morgan fingerprint density at radius 2 is 2.00 bits per heavy atom. The number of pyridine rings is 1. The van der Waals surface area contributed by atoms with Crippen LogP contribution in [-0.2, 0) is 0 Å². The van der Waals surface area contributed by atoms with Crippen LogP contribution in [0.4, 0.5) is 11.5 Å². The number of benzene rings is 1. The van der Waals surface area contributed by atoms with Gasteiger partial charge >= 0.3 is 0 Å². The average molecular weight is 288 g/mol. The number of fused-ring (bicyclic) bond motifs is 1. The predicted octanol–water partition coefficient (Wildman–Crippen LogP) is 3.39. The zero-order valence-electron chi connectivity index (χ0n) is 9.02. The van der Waals surface area contributed by atoms with Gasteiger partial charge in [0.15, 0.2) is 5.82 Å². The molecule has 3 rings (SSSR count). The maximum atomic E-state index is 4.58. The second-order valence-corrected chi connectivity index (χ2v) is 4.72. The van der Waals surface area contributed by atoms with Gasteiger partial charge in [-0.05, 0) is 27.6 Å². The van der Waals surface area contributed by atoms with E-state index >= 15 is 0 Å². The molecule has 0 unspecified atom stereocenters. The summed E-state index contributed by atoms with van der Waals surface area (Å²) in [4.78, 5) is 8.88. The molecule has 0 bridgehead atoms. The maximum Gasteiger partial charge on any atom is 0.175 e. The lowest BCUT2D eigenvalue weighted by Gasteiger charge is -2.17. The molecule has 0 atom stereocenters. The zero-order valence-corrected chi connectivity index (χ0v) is 10.6. The summed E-state index contributed by atoms with van der Waals surface area (Å²) >= 11 is 3.40. The molecule has 0 aliphatic carbocycles. The largest absolute Gasteiger partial charge is 0.376 e. The van der Waals surface area contributed by atoms with E-state index < -0.39 is 0 Å². The van der Waals surface area contributed by atoms with Crippen LogP contribution in [0.15, 0.2) is 52.1 Å². The SMILES string of the molecule is Brc1cnc2c(c1)NCC(c1ccccc1)=N2. The van der Waals surface area contributed by atoms with E-state index in [9.17, 15) is 0 Å². The van der Waals surface area contributed by atoms with E-state index in [1.807, 2.05) is 24.3 Å². The van der Waals surface area contributed by atoms with Gasteiger partial charge in [0.2, 0.25) is 0 Å². The molecule has 0 amide bonds. The normalized spacial score (nSPS) is 13.6. The van der Waals surface area contributed by atoms with Gasteiger partial charge in [-0.3, -0.25) is 0 Å². The fraction of sp³-hybridized carbons (Fsp3) is 0.0769. The lowest BCUT2D eigenvalue weighted by molar-refractivity contribution is 1.19. The summed E-state index contributed by atoms with van der Waals surface area (Å²) in [5.74, 6) is 0.748. The molecule has 1 aromatic heterocycles. The molecule has 0 radical (unpaired) electrons. The number of aromatic nitrogens is 1. The van der Waals surface area contributed by atoms with Crippen LogP contribution >= 0.6 is 15.9 Å². The highest BCUT2D eigenvalue weighted by molar-refractivity contribution is 9.10. The van der Waals surface area contributed by atoms with E-state index in [2.05, 4.69) is 43.4 Å². The minimum absolute atomic E-state index is 0.731. The van der Waals surface area contributed by atoms with Gasteiger partial charge < -0.3 is 5.32 Å². The highest BCUT2D eigenvalue weighted by Crippen LogP contribution is 2.28. The Kier molecular flexibility index (Phi) is 2.65. The van der Waals surface area contributed by atoms with Crippen molar-refractivity contribution in [1.82, 2.24) is 4.98 Å². The number of aliphatic imine (C=N–C) groups is 1. The molecule has 84 valence electrons. The van der Waals surface area contributed by atoms with Crippen LogP contribution < -0.4 is 5.32 Å². The third-order valence-electron chi connectivity index (χ3n) is 2.63. The second kappa shape index (κ2) is 4.30. The first-order valence-corrected chi connectivity index (χ1v) is 6.14. The van der Waals surface area contributed by atoms with Gasteiger partial charge in [-0.1, -0.05) is 30.3 Å². The minimum atomic E-state index is 0.731. The highest BCUT2D eigenvalue weighted by atomic mass is 79.9. The number of rotatable bonds is 1. The van der Waals surface area contributed by atoms with E-state index in [0.29, 0.717) is 0 Å². The van der Waals surface area contributed by atoms with Crippen molar-refractivity contribution >= 4 is 33.1 Å². The number of hydrogen-bond acceptors (Lipinski definition) is 3. The zero-order chi connectivity index (χ0) is 11.7. The van der Waals surface area contributed by atoms with Gasteiger partial charge in [-0.25, -0.2) is 9.98 Å². The smallest absolute Gasteiger partial charge is 0.175 e. The Morgan fingerprint density at radius 1 is 1.18 bits per heavy atom. The molecular weight excluding hydrogens is 278 g/mol. The summed E-state index contributed by atoms with van der Waals surface area (Å²) in [5, 5.41) is 3.33. The minimum Gasteiger partial charge on any atom is -0.376 e. The fourth-order valence-electron chi connectivity index (χ4n) is 1.79. The van der Waals surface area contributed by atoms with Crippen LogP contribution in [0, 0.1) is 0 Å². The van der Waals surface area contributed by atoms with Gasteiger partial charge in [-0.15, -0.1) is 0 Å². The second-order valence-electron chi connectivity index (χ2n) is 3.80. The molecular formula is C13H10BrN3. The topological polar surface area (TPSA) is 37.3 Å². The van der Waals surface area contributed by atoms with Gasteiger partial charge in [0.1, 0.15) is 0 Å². The Labute approximate surface area is 108 Å². The molecule has 2 aromatic rings. The molecule has 0 saturated heterocycles. The molecule has 1 aliphatic heterocycles. The van der Waals surface area contributed by atoms with Gasteiger partial charge in [0.05, 0.1) is 17.9 Å². The lowest BCUT2D eigenvalue weighted by Crippen LogP contribution is -2.18. The number of halogens is 1. The van der Waals surface area contributed by atoms with Crippen LogP contribution in [0.5, 0.6) is 0 Å². The molecule has 0 spiro atoms. The highest BCUT2D eigenvalue weighted by Gasteiger charge is 2.13. The quantitative estimate of drug-likeness (QED) is 0.873. The maximum absolute atomic E-state index is 4.58. The fourth-order valence-corrected chi connectivity index (χ4v) is 2.13. The van der Waals surface area contributed by atoms with Crippen molar-refractivity contribution in [2.24, 2.45) is 4.99 Å². The van der Waals surface area contributed by atoms with E-state index in [1.165, 1.54) is 0 Å². The third kappa shape index (κ3) is 2.08. The van der Waals surface area contributed by atoms with Gasteiger partial charge in [-0.2, -0.15) is 0 Å². The molecule has 0 fully saturated rings. The number of nitrogens with one attached hydrogen (secondary N) is 1. The Hall–Kier alpha value is -1.68. The van der Waals surface area contributed by atoms with E-state index in [-0.39, 0.29) is 0 Å². The number of hydrogen-bond donors (Lipinski definition) is 1. The van der Waals surface area contributed by atoms with E-state index in [1.54, 1.807) is 6.20 Å². The lowest BCUT2D eigenvalue weighted by atomic mass is 10.1. The Balaban J connectivity index is 2.03. The van der Waals surface area contributed by atoms with Crippen LogP contribution in [0.2, 0.25) is 0 Å². The van der Waals surface area contributed by atoms with Crippen molar-refractivity contribution in [2.45, 2.75) is 0 Å². The first-order chi connectivity index (χ1) is 8.33. The molecule has 3 nitrogen and oxygen atoms in total. The standard InChI is InChI=1S/C13H10BrN3/c14-10-6-11-13(16-7-10)17-12(8-15-11)9-4-2-1-3-5-9/h1-7,15H,8H2. The number of anilines is 1. The first-order valence-electron chi connectivity index (χ1n) is 5.35. The van der Waals surface area contributed by atoms with Crippen LogP contribution in [-0.4, -0.2) is 17.2 Å². The van der Waals surface area contributed by atoms with Crippen LogP contribution in [0.3, 0.4) is 0 Å². The van der Waals surface area contributed by atoms with Crippen LogP contribution in [0.1, 0.15) is 5.56 Å². The van der Waals surface area contributed by atoms with E-state index in [4.69, 9.17) is 0 Å². The summed E-state index contributed by atoms with van der Waals surface area (Å²) in [6.07, 6.45) is 1.76. The molecule has 17 heavy (non-hydrogen) atoms. The molecule has 4 heteroatoms. The van der Waals surface area contributed by atoms with Crippen molar-refractivity contribution in [2.75, 3.05) is 11.9 Å². The molecule has 1 aliphatic rings. The Bertz CT molecular complexity index is 578. The predicted molar refractivity (Wildman–Crippen MR) is 73.1 cm³/mol. The van der Waals surface area contributed by atoms with Crippen LogP contribution in [0.25, 0.3) is 0 Å². The van der Waals surface area contributed by atoms with Crippen molar-refractivity contribution in [3.8, 4) is 0 Å². The number of nitrogens with zero attached hydrogens (tertiary/aromatic N) is 2. The summed E-state index contributed by atoms with van der Waals surface area (Å²) in [6, 6.07) is 12.1. The third-order valence-corrected chi connectivity index (χ3v) is 3.06. The van der Waals surface area contributed by atoms with Gasteiger partial charge in [0.25, 0.3) is 0 Å². The van der Waals surface area contributed by atoms with Crippen molar-refractivity contribution < 1.29 is 0 Å². The molecule has 0 saturated carbocycles. The van der Waals surface area contributed by atoms with Crippen molar-refractivity contribution in [3.63, 3.8) is 0 Å². The van der Waals surface area contributed by atoms with E-state index in [0.717, 1.165) is 33.8 Å². The monoisotopic (exact) mass is 287 g/mol. The summed E-state index contributed by atoms with van der Waals surface area (Å²) in [5.41, 5.74) is 3.13. The molecule has 1 N–H and O–H groups in total. The first kappa shape index (κ1) is 10.5.